The molecule has 104 valence electrons. The molecule has 0 spiro atoms. The van der Waals surface area contributed by atoms with Gasteiger partial charge in [0.05, 0.1) is 0 Å². The minimum atomic E-state index is -0.214. The molecule has 0 aliphatic rings. The van der Waals surface area contributed by atoms with E-state index in [-0.39, 0.29) is 12.5 Å². The van der Waals surface area contributed by atoms with Gasteiger partial charge in [0.2, 0.25) is 0 Å². The van der Waals surface area contributed by atoms with Gasteiger partial charge in [0.25, 0.3) is 5.91 Å². The first-order valence-electron chi connectivity index (χ1n) is 5.99. The molecule has 3 nitrogen and oxygen atoms in total. The number of hydrogen-bond donors (Lipinski definition) is 1. The van der Waals surface area contributed by atoms with Crippen molar-refractivity contribution in [1.82, 2.24) is 0 Å². The van der Waals surface area contributed by atoms with Crippen molar-refractivity contribution >= 4 is 45.8 Å². The maximum absolute atomic E-state index is 11.9. The van der Waals surface area contributed by atoms with Crippen LogP contribution in [0.4, 0.5) is 5.69 Å². The number of nitrogens with one attached hydrogen (secondary N) is 1. The third-order valence-corrected chi connectivity index (χ3v) is 3.79. The molecule has 1 amide bonds. The molecule has 0 saturated heterocycles. The molecule has 20 heavy (non-hydrogen) atoms. The molecule has 2 aromatic carbocycles. The number of rotatable bonds is 4. The van der Waals surface area contributed by atoms with E-state index < -0.39 is 0 Å². The molecule has 0 saturated carbocycles. The van der Waals surface area contributed by atoms with Gasteiger partial charge in [-0.05, 0) is 65.4 Å². The zero-order valence-electron chi connectivity index (χ0n) is 10.8. The third-order valence-electron chi connectivity index (χ3n) is 2.71. The Bertz CT molecular complexity index is 631. The number of benzene rings is 2. The van der Waals surface area contributed by atoms with Crippen molar-refractivity contribution in [3.63, 3.8) is 0 Å². The predicted molar refractivity (Wildman–Crippen MR) is 89.5 cm³/mol. The summed E-state index contributed by atoms with van der Waals surface area (Å²) in [4.78, 5) is 11.9. The van der Waals surface area contributed by atoms with Crippen LogP contribution in [0.15, 0.2) is 42.5 Å². The molecular formula is C15H13ClINO2. The number of carbonyl (C=O) groups excluding carboxylic acids is 1. The van der Waals surface area contributed by atoms with E-state index in [4.69, 9.17) is 16.3 Å². The van der Waals surface area contributed by atoms with Gasteiger partial charge in [-0.2, -0.15) is 0 Å². The van der Waals surface area contributed by atoms with E-state index in [0.29, 0.717) is 16.5 Å². The number of halogens is 2. The molecule has 0 aliphatic heterocycles. The van der Waals surface area contributed by atoms with Crippen LogP contribution in [-0.4, -0.2) is 12.5 Å². The fourth-order valence-corrected chi connectivity index (χ4v) is 2.32. The highest BCUT2D eigenvalue weighted by Gasteiger charge is 2.07. The smallest absolute Gasteiger partial charge is 0.262 e. The lowest BCUT2D eigenvalue weighted by Crippen LogP contribution is -2.20. The van der Waals surface area contributed by atoms with Crippen molar-refractivity contribution in [2.24, 2.45) is 0 Å². The van der Waals surface area contributed by atoms with E-state index in [1.54, 1.807) is 12.1 Å². The lowest BCUT2D eigenvalue weighted by atomic mass is 10.2. The summed E-state index contributed by atoms with van der Waals surface area (Å²) in [5, 5.41) is 3.41. The molecule has 5 heteroatoms. The molecule has 0 atom stereocenters. The van der Waals surface area contributed by atoms with Crippen LogP contribution in [0.2, 0.25) is 5.02 Å². The van der Waals surface area contributed by atoms with Gasteiger partial charge in [-0.3, -0.25) is 4.79 Å². The van der Waals surface area contributed by atoms with E-state index in [9.17, 15) is 4.79 Å². The van der Waals surface area contributed by atoms with Crippen molar-refractivity contribution in [3.8, 4) is 5.75 Å². The molecule has 0 heterocycles. The number of amides is 1. The highest BCUT2D eigenvalue weighted by molar-refractivity contribution is 14.1. The van der Waals surface area contributed by atoms with Crippen LogP contribution in [0, 0.1) is 10.5 Å². The molecular weight excluding hydrogens is 389 g/mol. The zero-order valence-corrected chi connectivity index (χ0v) is 13.7. The molecule has 0 unspecified atom stereocenters. The second-order valence-electron chi connectivity index (χ2n) is 4.21. The van der Waals surface area contributed by atoms with Gasteiger partial charge in [-0.15, -0.1) is 0 Å². The van der Waals surface area contributed by atoms with Crippen LogP contribution in [-0.2, 0) is 4.79 Å². The summed E-state index contributed by atoms with van der Waals surface area (Å²) in [6, 6.07) is 12.9. The van der Waals surface area contributed by atoms with Crippen molar-refractivity contribution in [2.75, 3.05) is 11.9 Å². The van der Waals surface area contributed by atoms with E-state index in [1.807, 2.05) is 37.3 Å². The van der Waals surface area contributed by atoms with E-state index in [0.717, 1.165) is 9.13 Å². The largest absolute Gasteiger partial charge is 0.484 e. The molecule has 0 radical (unpaired) electrons. The Labute approximate surface area is 136 Å². The normalized spacial score (nSPS) is 10.2. The summed E-state index contributed by atoms with van der Waals surface area (Å²) in [6.07, 6.45) is 0. The van der Waals surface area contributed by atoms with Gasteiger partial charge in [0.15, 0.2) is 6.61 Å². The topological polar surface area (TPSA) is 38.3 Å². The summed E-state index contributed by atoms with van der Waals surface area (Å²) in [5.41, 5.74) is 1.55. The first kappa shape index (κ1) is 15.1. The summed E-state index contributed by atoms with van der Waals surface area (Å²) >= 11 is 8.20. The zero-order chi connectivity index (χ0) is 14.5. The Kier molecular flexibility index (Phi) is 5.25. The van der Waals surface area contributed by atoms with Gasteiger partial charge >= 0.3 is 0 Å². The standard InChI is InChI=1S/C15H13ClINO2/c1-10-13(16)6-3-7-14(10)18-15(19)9-20-12-5-2-4-11(17)8-12/h2-8H,9H2,1H3,(H,18,19). The van der Waals surface area contributed by atoms with E-state index >= 15 is 0 Å². The Hall–Kier alpha value is -1.27. The third kappa shape index (κ3) is 4.11. The van der Waals surface area contributed by atoms with Gasteiger partial charge < -0.3 is 10.1 Å². The molecule has 2 aromatic rings. The van der Waals surface area contributed by atoms with Gasteiger partial charge in [0, 0.05) is 14.3 Å². The number of carbonyl (C=O) groups is 1. The summed E-state index contributed by atoms with van der Waals surface area (Å²) in [7, 11) is 0. The van der Waals surface area contributed by atoms with E-state index in [1.165, 1.54) is 0 Å². The SMILES string of the molecule is Cc1c(Cl)cccc1NC(=O)COc1cccc(I)c1. The van der Waals surface area contributed by atoms with Crippen LogP contribution in [0.3, 0.4) is 0 Å². The van der Waals surface area contributed by atoms with Crippen LogP contribution >= 0.6 is 34.2 Å². The average Bonchev–Trinajstić information content (AvgIpc) is 2.42. The minimum absolute atomic E-state index is 0.0357. The summed E-state index contributed by atoms with van der Waals surface area (Å²) < 4.78 is 6.50. The van der Waals surface area contributed by atoms with Crippen molar-refractivity contribution in [3.05, 3.63) is 56.6 Å². The first-order chi connectivity index (χ1) is 9.56. The molecule has 0 fully saturated rings. The number of ether oxygens (including phenoxy) is 1. The van der Waals surface area contributed by atoms with Crippen LogP contribution in [0.5, 0.6) is 5.75 Å². The molecule has 1 N–H and O–H groups in total. The first-order valence-corrected chi connectivity index (χ1v) is 7.45. The molecule has 2 rings (SSSR count). The van der Waals surface area contributed by atoms with Crippen LogP contribution in [0.1, 0.15) is 5.56 Å². The fourth-order valence-electron chi connectivity index (χ4n) is 1.63. The van der Waals surface area contributed by atoms with Gasteiger partial charge in [-0.25, -0.2) is 0 Å². The Morgan fingerprint density at radius 1 is 1.30 bits per heavy atom. The lowest BCUT2D eigenvalue weighted by Gasteiger charge is -2.10. The van der Waals surface area contributed by atoms with Crippen molar-refractivity contribution < 1.29 is 9.53 Å². The van der Waals surface area contributed by atoms with Crippen LogP contribution in [0.25, 0.3) is 0 Å². The number of anilines is 1. The maximum Gasteiger partial charge on any atom is 0.262 e. The highest BCUT2D eigenvalue weighted by atomic mass is 127. The highest BCUT2D eigenvalue weighted by Crippen LogP contribution is 2.23. The Morgan fingerprint density at radius 3 is 2.80 bits per heavy atom. The molecule has 0 aliphatic carbocycles. The fraction of sp³-hybridized carbons (Fsp3) is 0.133. The van der Waals surface area contributed by atoms with E-state index in [2.05, 4.69) is 27.9 Å². The van der Waals surface area contributed by atoms with Crippen LogP contribution < -0.4 is 10.1 Å². The maximum atomic E-state index is 11.9. The average molecular weight is 402 g/mol. The Balaban J connectivity index is 1.94. The monoisotopic (exact) mass is 401 g/mol. The van der Waals surface area contributed by atoms with Crippen molar-refractivity contribution in [2.45, 2.75) is 6.92 Å². The van der Waals surface area contributed by atoms with Gasteiger partial charge in [-0.1, -0.05) is 23.7 Å². The molecule has 0 bridgehead atoms. The summed E-state index contributed by atoms with van der Waals surface area (Å²) in [6.45, 7) is 1.82. The quantitative estimate of drug-likeness (QED) is 0.777. The van der Waals surface area contributed by atoms with Gasteiger partial charge in [0.1, 0.15) is 5.75 Å². The van der Waals surface area contributed by atoms with Crippen molar-refractivity contribution in [1.29, 1.82) is 0 Å². The summed E-state index contributed by atoms with van der Waals surface area (Å²) in [5.74, 6) is 0.462. The number of hydrogen-bond acceptors (Lipinski definition) is 2. The Morgan fingerprint density at radius 2 is 2.05 bits per heavy atom. The second kappa shape index (κ2) is 6.95. The molecule has 0 aromatic heterocycles. The predicted octanol–water partition coefficient (Wildman–Crippen LogP) is 4.27. The minimum Gasteiger partial charge on any atom is -0.484 e. The lowest BCUT2D eigenvalue weighted by molar-refractivity contribution is -0.118. The second-order valence-corrected chi connectivity index (χ2v) is 5.86.